The predicted octanol–water partition coefficient (Wildman–Crippen LogP) is 2.17. The average Bonchev–Trinajstić information content (AvgIpc) is 3.06. The monoisotopic (exact) mass is 368 g/mol. The van der Waals surface area contributed by atoms with E-state index >= 15 is 0 Å². The minimum atomic E-state index is 0.0481. The molecule has 0 saturated carbocycles. The van der Waals surface area contributed by atoms with Crippen molar-refractivity contribution < 1.29 is 9.53 Å². The lowest BCUT2D eigenvalue weighted by Crippen LogP contribution is -2.42. The van der Waals surface area contributed by atoms with E-state index in [1.165, 1.54) is 11.3 Å². The second-order valence-electron chi connectivity index (χ2n) is 7.64. The highest BCUT2D eigenvalue weighted by molar-refractivity contribution is 5.94. The Morgan fingerprint density at radius 2 is 1.89 bits per heavy atom. The molecule has 0 unspecified atom stereocenters. The van der Waals surface area contributed by atoms with Gasteiger partial charge in [0.05, 0.1) is 19.8 Å². The van der Waals surface area contributed by atoms with Crippen molar-refractivity contribution in [1.29, 1.82) is 0 Å². The van der Waals surface area contributed by atoms with Crippen molar-refractivity contribution in [2.75, 3.05) is 32.8 Å². The first-order valence-corrected chi connectivity index (χ1v) is 9.87. The SMILES string of the molecule is CC(C)N1CCc2c(c(C(=O)N3CCOCC3)nn2Cc2ccccc2)C1. The number of hydrogen-bond acceptors (Lipinski definition) is 4. The summed E-state index contributed by atoms with van der Waals surface area (Å²) in [4.78, 5) is 17.5. The first-order chi connectivity index (χ1) is 13.1. The van der Waals surface area contributed by atoms with E-state index < -0.39 is 0 Å². The zero-order valence-electron chi connectivity index (χ0n) is 16.2. The Labute approximate surface area is 160 Å². The highest BCUT2D eigenvalue weighted by atomic mass is 16.5. The van der Waals surface area contributed by atoms with Gasteiger partial charge in [-0.05, 0) is 19.4 Å². The largest absolute Gasteiger partial charge is 0.378 e. The number of morpholine rings is 1. The summed E-state index contributed by atoms with van der Waals surface area (Å²) in [5.41, 5.74) is 4.17. The number of aromatic nitrogens is 2. The van der Waals surface area contributed by atoms with Gasteiger partial charge < -0.3 is 9.64 Å². The molecule has 1 fully saturated rings. The van der Waals surface area contributed by atoms with Crippen molar-refractivity contribution in [1.82, 2.24) is 19.6 Å². The van der Waals surface area contributed by atoms with Gasteiger partial charge in [-0.3, -0.25) is 14.4 Å². The quantitative estimate of drug-likeness (QED) is 0.830. The van der Waals surface area contributed by atoms with Gasteiger partial charge >= 0.3 is 0 Å². The van der Waals surface area contributed by atoms with Gasteiger partial charge in [-0.15, -0.1) is 0 Å². The van der Waals surface area contributed by atoms with E-state index in [0.29, 0.717) is 44.6 Å². The number of carbonyl (C=O) groups is 1. The maximum absolute atomic E-state index is 13.2. The Morgan fingerprint density at radius 3 is 2.59 bits per heavy atom. The molecule has 6 heteroatoms. The van der Waals surface area contributed by atoms with Gasteiger partial charge in [-0.25, -0.2) is 0 Å². The molecular weight excluding hydrogens is 340 g/mol. The molecule has 2 aliphatic heterocycles. The van der Waals surface area contributed by atoms with Crippen LogP contribution < -0.4 is 0 Å². The summed E-state index contributed by atoms with van der Waals surface area (Å²) in [6, 6.07) is 10.8. The first-order valence-electron chi connectivity index (χ1n) is 9.87. The highest BCUT2D eigenvalue weighted by Gasteiger charge is 2.31. The van der Waals surface area contributed by atoms with Gasteiger partial charge in [-0.1, -0.05) is 30.3 Å². The minimum absolute atomic E-state index is 0.0481. The summed E-state index contributed by atoms with van der Waals surface area (Å²) in [5.74, 6) is 0.0481. The number of amides is 1. The molecule has 1 saturated heterocycles. The van der Waals surface area contributed by atoms with E-state index in [4.69, 9.17) is 9.84 Å². The molecule has 3 heterocycles. The summed E-state index contributed by atoms with van der Waals surface area (Å²) in [6.07, 6.45) is 0.934. The van der Waals surface area contributed by atoms with Crippen LogP contribution in [0, 0.1) is 0 Å². The van der Waals surface area contributed by atoms with E-state index in [2.05, 4.69) is 35.6 Å². The maximum atomic E-state index is 13.2. The molecule has 4 rings (SSSR count). The lowest BCUT2D eigenvalue weighted by molar-refractivity contribution is 0.0297. The van der Waals surface area contributed by atoms with Crippen molar-refractivity contribution in [2.24, 2.45) is 0 Å². The summed E-state index contributed by atoms with van der Waals surface area (Å²) in [5, 5.41) is 4.81. The predicted molar refractivity (Wildman–Crippen MR) is 104 cm³/mol. The lowest BCUT2D eigenvalue weighted by atomic mass is 10.0. The molecular formula is C21H28N4O2. The summed E-state index contributed by atoms with van der Waals surface area (Å²) in [6.45, 7) is 9.45. The third-order valence-corrected chi connectivity index (χ3v) is 5.57. The van der Waals surface area contributed by atoms with Crippen LogP contribution in [-0.4, -0.2) is 64.4 Å². The average molecular weight is 368 g/mol. The number of nitrogens with zero attached hydrogens (tertiary/aromatic N) is 4. The minimum Gasteiger partial charge on any atom is -0.378 e. The molecule has 0 spiro atoms. The van der Waals surface area contributed by atoms with Crippen molar-refractivity contribution in [3.05, 3.63) is 52.8 Å². The van der Waals surface area contributed by atoms with E-state index in [-0.39, 0.29) is 5.91 Å². The molecule has 2 aromatic rings. The lowest BCUT2D eigenvalue weighted by Gasteiger charge is -2.31. The van der Waals surface area contributed by atoms with Crippen LogP contribution in [0.1, 0.15) is 41.2 Å². The van der Waals surface area contributed by atoms with Crippen LogP contribution in [0.4, 0.5) is 0 Å². The summed E-state index contributed by atoms with van der Waals surface area (Å²) in [7, 11) is 0. The van der Waals surface area contributed by atoms with E-state index in [0.717, 1.165) is 25.1 Å². The van der Waals surface area contributed by atoms with Gasteiger partial charge in [0.15, 0.2) is 5.69 Å². The standard InChI is InChI=1S/C21H28N4O2/c1-16(2)24-9-8-19-18(15-24)20(21(26)23-10-12-27-13-11-23)22-25(19)14-17-6-4-3-5-7-17/h3-7,16H,8-15H2,1-2H3. The van der Waals surface area contributed by atoms with Crippen LogP contribution >= 0.6 is 0 Å². The fraction of sp³-hybridized carbons (Fsp3) is 0.524. The highest BCUT2D eigenvalue weighted by Crippen LogP contribution is 2.26. The van der Waals surface area contributed by atoms with Gasteiger partial charge in [0, 0.05) is 49.9 Å². The topological polar surface area (TPSA) is 50.6 Å². The molecule has 1 aromatic carbocycles. The third kappa shape index (κ3) is 3.77. The van der Waals surface area contributed by atoms with E-state index in [9.17, 15) is 4.79 Å². The Hall–Kier alpha value is -2.18. The van der Waals surface area contributed by atoms with Crippen molar-refractivity contribution >= 4 is 5.91 Å². The Morgan fingerprint density at radius 1 is 1.15 bits per heavy atom. The van der Waals surface area contributed by atoms with Crippen LogP contribution in [0.3, 0.4) is 0 Å². The second kappa shape index (κ2) is 7.82. The molecule has 0 radical (unpaired) electrons. The normalized spacial score (nSPS) is 18.0. The molecule has 1 amide bonds. The third-order valence-electron chi connectivity index (χ3n) is 5.57. The van der Waals surface area contributed by atoms with Crippen molar-refractivity contribution in [2.45, 2.75) is 39.4 Å². The van der Waals surface area contributed by atoms with Gasteiger partial charge in [0.2, 0.25) is 0 Å². The molecule has 1 aromatic heterocycles. The fourth-order valence-corrected chi connectivity index (χ4v) is 3.93. The molecule has 0 atom stereocenters. The van der Waals surface area contributed by atoms with Crippen molar-refractivity contribution in [3.8, 4) is 0 Å². The number of rotatable bonds is 4. The first kappa shape index (κ1) is 18.2. The van der Waals surface area contributed by atoms with Crippen LogP contribution in [0.5, 0.6) is 0 Å². The van der Waals surface area contributed by atoms with Gasteiger partial charge in [0.1, 0.15) is 0 Å². The van der Waals surface area contributed by atoms with Crippen LogP contribution in [0.15, 0.2) is 30.3 Å². The Kier molecular flexibility index (Phi) is 5.27. The number of hydrogen-bond donors (Lipinski definition) is 0. The Bertz CT molecular complexity index is 794. The molecule has 0 bridgehead atoms. The zero-order valence-corrected chi connectivity index (χ0v) is 16.2. The van der Waals surface area contributed by atoms with Gasteiger partial charge in [-0.2, -0.15) is 5.10 Å². The van der Waals surface area contributed by atoms with E-state index in [1.54, 1.807) is 0 Å². The smallest absolute Gasteiger partial charge is 0.274 e. The molecule has 0 N–H and O–H groups in total. The number of carbonyl (C=O) groups excluding carboxylic acids is 1. The molecule has 2 aliphatic rings. The van der Waals surface area contributed by atoms with Crippen LogP contribution in [0.25, 0.3) is 0 Å². The molecule has 0 aliphatic carbocycles. The summed E-state index contributed by atoms with van der Waals surface area (Å²) < 4.78 is 7.45. The fourth-order valence-electron chi connectivity index (χ4n) is 3.93. The zero-order chi connectivity index (χ0) is 18.8. The summed E-state index contributed by atoms with van der Waals surface area (Å²) >= 11 is 0. The number of ether oxygens (including phenoxy) is 1. The number of benzene rings is 1. The maximum Gasteiger partial charge on any atom is 0.274 e. The second-order valence-corrected chi connectivity index (χ2v) is 7.64. The van der Waals surface area contributed by atoms with E-state index in [1.807, 2.05) is 23.1 Å². The van der Waals surface area contributed by atoms with Crippen LogP contribution in [-0.2, 0) is 24.2 Å². The van der Waals surface area contributed by atoms with Crippen molar-refractivity contribution in [3.63, 3.8) is 0 Å². The molecule has 6 nitrogen and oxygen atoms in total. The van der Waals surface area contributed by atoms with Gasteiger partial charge in [0.25, 0.3) is 5.91 Å². The van der Waals surface area contributed by atoms with Crippen LogP contribution in [0.2, 0.25) is 0 Å². The molecule has 144 valence electrons. The Balaban J connectivity index is 1.68. The number of fused-ring (bicyclic) bond motifs is 1. The molecule has 27 heavy (non-hydrogen) atoms.